The smallest absolute Gasteiger partial charge is 0.268 e. The van der Waals surface area contributed by atoms with E-state index in [1.807, 2.05) is 152 Å². The molecule has 0 radical (unpaired) electrons. The van der Waals surface area contributed by atoms with Crippen molar-refractivity contribution in [2.24, 2.45) is 0 Å². The maximum absolute atomic E-state index is 14.5. The van der Waals surface area contributed by atoms with Gasteiger partial charge in [0.2, 0.25) is 0 Å². The van der Waals surface area contributed by atoms with Gasteiger partial charge in [-0.1, -0.05) is 140 Å². The number of hydrogen-bond acceptors (Lipinski definition) is 5. The molecule has 0 unspecified atom stereocenters. The molecule has 54 heavy (non-hydrogen) atoms. The number of carbonyl (C=O) groups is 2. The number of nitrogens with zero attached hydrogens (tertiary/aromatic N) is 5. The molecule has 0 atom stereocenters. The summed E-state index contributed by atoms with van der Waals surface area (Å²) < 4.78 is 2.08. The molecule has 9 aromatic rings. The molecule has 1 aliphatic rings. The van der Waals surface area contributed by atoms with E-state index in [1.54, 1.807) is 6.07 Å². The number of fused-ring (bicyclic) bond motifs is 4. The van der Waals surface area contributed by atoms with Crippen molar-refractivity contribution < 1.29 is 9.59 Å². The van der Waals surface area contributed by atoms with Crippen molar-refractivity contribution in [3.63, 3.8) is 0 Å². The fourth-order valence-electron chi connectivity index (χ4n) is 7.45. The zero-order valence-corrected chi connectivity index (χ0v) is 28.8. The second kappa shape index (κ2) is 12.6. The SMILES string of the molecule is O=C1c2cccc(-n3c4ccccc4c4ccc(-c5nc(-c6ccccc6)nc(-c6ccccc6)n5)cc43)c2C(=O)N1c1cccc(-c2ccccc2)c1. The molecular formula is C47H29N5O2. The molecule has 7 aromatic carbocycles. The molecule has 7 nitrogen and oxygen atoms in total. The van der Waals surface area contributed by atoms with E-state index in [0.717, 1.165) is 49.6 Å². The zero-order valence-electron chi connectivity index (χ0n) is 28.8. The Morgan fingerprint density at radius 2 is 0.944 bits per heavy atom. The molecule has 254 valence electrons. The minimum atomic E-state index is -0.365. The average Bonchev–Trinajstić information content (AvgIpc) is 3.71. The maximum Gasteiger partial charge on any atom is 0.268 e. The first-order valence-electron chi connectivity index (χ1n) is 17.7. The van der Waals surface area contributed by atoms with E-state index in [1.165, 1.54) is 4.90 Å². The Kier molecular flexibility index (Phi) is 7.30. The third-order valence-electron chi connectivity index (χ3n) is 9.98. The maximum atomic E-state index is 14.5. The number of benzene rings is 7. The number of carbonyl (C=O) groups excluding carboxylic acids is 2. The molecule has 2 amide bonds. The normalized spacial score (nSPS) is 12.5. The Morgan fingerprint density at radius 3 is 1.63 bits per heavy atom. The summed E-state index contributed by atoms with van der Waals surface area (Å²) in [4.78, 5) is 44.8. The summed E-state index contributed by atoms with van der Waals surface area (Å²) in [6, 6.07) is 57.1. The number of hydrogen-bond donors (Lipinski definition) is 0. The fraction of sp³-hybridized carbons (Fsp3) is 0. The number of aromatic nitrogens is 4. The lowest BCUT2D eigenvalue weighted by atomic mass is 10.0. The van der Waals surface area contributed by atoms with Crippen LogP contribution in [-0.2, 0) is 0 Å². The minimum Gasteiger partial charge on any atom is -0.308 e. The first-order valence-corrected chi connectivity index (χ1v) is 17.7. The van der Waals surface area contributed by atoms with E-state index >= 15 is 0 Å². The van der Waals surface area contributed by atoms with E-state index in [9.17, 15) is 9.59 Å². The lowest BCUT2D eigenvalue weighted by Gasteiger charge is -2.16. The Balaban J connectivity index is 1.15. The summed E-state index contributed by atoms with van der Waals surface area (Å²) in [7, 11) is 0. The van der Waals surface area contributed by atoms with Crippen molar-refractivity contribution in [1.29, 1.82) is 0 Å². The first kappa shape index (κ1) is 31.2. The Labute approximate surface area is 310 Å². The van der Waals surface area contributed by atoms with Gasteiger partial charge < -0.3 is 4.57 Å². The van der Waals surface area contributed by atoms with Crippen LogP contribution in [0.15, 0.2) is 176 Å². The van der Waals surface area contributed by atoms with Crippen LogP contribution in [0.5, 0.6) is 0 Å². The van der Waals surface area contributed by atoms with Gasteiger partial charge in [-0.2, -0.15) is 0 Å². The summed E-state index contributed by atoms with van der Waals surface area (Å²) in [5.41, 5.74) is 8.12. The molecule has 0 saturated carbocycles. The summed E-state index contributed by atoms with van der Waals surface area (Å²) in [6.45, 7) is 0. The number of rotatable bonds is 6. The van der Waals surface area contributed by atoms with Crippen LogP contribution in [0.4, 0.5) is 5.69 Å². The highest BCUT2D eigenvalue weighted by atomic mass is 16.2. The highest BCUT2D eigenvalue weighted by Gasteiger charge is 2.39. The molecule has 10 rings (SSSR count). The molecule has 0 fully saturated rings. The lowest BCUT2D eigenvalue weighted by Crippen LogP contribution is -2.29. The summed E-state index contributed by atoms with van der Waals surface area (Å²) in [5.74, 6) is 0.949. The standard InChI is InChI=1S/C47H29N5O2/c53-46-38-23-13-25-40(42(38)47(54)51(46)35-21-12-20-33(28-35)30-14-4-1-5-15-30)52-39-24-11-10-22-36(39)37-27-26-34(29-41(37)52)45-49-43(31-16-6-2-7-17-31)48-44(50-45)32-18-8-3-9-19-32/h1-29H. The van der Waals surface area contributed by atoms with Crippen LogP contribution in [0.3, 0.4) is 0 Å². The van der Waals surface area contributed by atoms with Crippen LogP contribution in [0, 0.1) is 0 Å². The van der Waals surface area contributed by atoms with Crippen LogP contribution >= 0.6 is 0 Å². The molecule has 1 aliphatic heterocycles. The van der Waals surface area contributed by atoms with E-state index in [-0.39, 0.29) is 11.8 Å². The predicted molar refractivity (Wildman–Crippen MR) is 213 cm³/mol. The van der Waals surface area contributed by atoms with E-state index in [2.05, 4.69) is 22.8 Å². The van der Waals surface area contributed by atoms with Gasteiger partial charge in [-0.3, -0.25) is 9.59 Å². The van der Waals surface area contributed by atoms with Gasteiger partial charge in [-0.25, -0.2) is 19.9 Å². The molecular weight excluding hydrogens is 667 g/mol. The Bertz CT molecular complexity index is 2860. The molecule has 0 aliphatic carbocycles. The molecule has 0 spiro atoms. The Hall–Kier alpha value is -7.51. The van der Waals surface area contributed by atoms with Crippen LogP contribution in [-0.4, -0.2) is 31.3 Å². The second-order valence-electron chi connectivity index (χ2n) is 13.2. The lowest BCUT2D eigenvalue weighted by molar-refractivity contribution is 0.0926. The van der Waals surface area contributed by atoms with Crippen molar-refractivity contribution in [3.05, 3.63) is 187 Å². The molecule has 3 heterocycles. The second-order valence-corrected chi connectivity index (χ2v) is 13.2. The van der Waals surface area contributed by atoms with Crippen molar-refractivity contribution in [3.8, 4) is 51.0 Å². The molecule has 0 N–H and O–H groups in total. The molecule has 7 heteroatoms. The number of para-hydroxylation sites is 1. The third-order valence-corrected chi connectivity index (χ3v) is 9.98. The van der Waals surface area contributed by atoms with Crippen molar-refractivity contribution in [2.75, 3.05) is 4.90 Å². The average molecular weight is 696 g/mol. The fourth-order valence-corrected chi connectivity index (χ4v) is 7.45. The summed E-state index contributed by atoms with van der Waals surface area (Å²) in [5, 5.41) is 2.02. The summed E-state index contributed by atoms with van der Waals surface area (Å²) in [6.07, 6.45) is 0. The monoisotopic (exact) mass is 695 g/mol. The van der Waals surface area contributed by atoms with Gasteiger partial charge >= 0.3 is 0 Å². The summed E-state index contributed by atoms with van der Waals surface area (Å²) >= 11 is 0. The molecule has 0 saturated heterocycles. The van der Waals surface area contributed by atoms with Crippen LogP contribution in [0.25, 0.3) is 72.8 Å². The first-order chi connectivity index (χ1) is 26.6. The van der Waals surface area contributed by atoms with Gasteiger partial charge in [0.1, 0.15) is 0 Å². The van der Waals surface area contributed by atoms with Gasteiger partial charge in [-0.15, -0.1) is 0 Å². The van der Waals surface area contributed by atoms with Gasteiger partial charge in [0.25, 0.3) is 11.8 Å². The number of amides is 2. The van der Waals surface area contributed by atoms with Gasteiger partial charge in [0.05, 0.1) is 33.5 Å². The highest BCUT2D eigenvalue weighted by Crippen LogP contribution is 2.39. The zero-order chi connectivity index (χ0) is 36.2. The van der Waals surface area contributed by atoms with Gasteiger partial charge in [0, 0.05) is 27.5 Å². The van der Waals surface area contributed by atoms with Crippen LogP contribution in [0.1, 0.15) is 20.7 Å². The largest absolute Gasteiger partial charge is 0.308 e. The molecule has 0 bridgehead atoms. The van der Waals surface area contributed by atoms with Crippen molar-refractivity contribution >= 4 is 39.3 Å². The highest BCUT2D eigenvalue weighted by molar-refractivity contribution is 6.36. The third kappa shape index (κ3) is 5.10. The van der Waals surface area contributed by atoms with Crippen LogP contribution < -0.4 is 4.90 Å². The Morgan fingerprint density at radius 1 is 0.389 bits per heavy atom. The quantitative estimate of drug-likeness (QED) is 0.162. The predicted octanol–water partition coefficient (Wildman–Crippen LogP) is 10.4. The van der Waals surface area contributed by atoms with Crippen molar-refractivity contribution in [2.45, 2.75) is 0 Å². The number of imide groups is 1. The number of anilines is 1. The van der Waals surface area contributed by atoms with Crippen molar-refractivity contribution in [1.82, 2.24) is 19.5 Å². The van der Waals surface area contributed by atoms with E-state index in [4.69, 9.17) is 15.0 Å². The van der Waals surface area contributed by atoms with E-state index in [0.29, 0.717) is 40.0 Å². The van der Waals surface area contributed by atoms with Gasteiger partial charge in [-0.05, 0) is 47.5 Å². The minimum absolute atomic E-state index is 0.351. The topological polar surface area (TPSA) is 81.0 Å². The van der Waals surface area contributed by atoms with Gasteiger partial charge in [0.15, 0.2) is 17.5 Å². The molecule has 2 aromatic heterocycles. The van der Waals surface area contributed by atoms with E-state index < -0.39 is 0 Å². The van der Waals surface area contributed by atoms with Crippen LogP contribution in [0.2, 0.25) is 0 Å².